The minimum Gasteiger partial charge on any atom is -0.354 e. The highest BCUT2D eigenvalue weighted by atomic mass is 16.2. The normalized spacial score (nSPS) is 17.1. The highest BCUT2D eigenvalue weighted by Crippen LogP contribution is 2.27. The van der Waals surface area contributed by atoms with E-state index in [2.05, 4.69) is 15.7 Å². The van der Waals surface area contributed by atoms with Crippen LogP contribution in [0.3, 0.4) is 0 Å². The number of carbonyl (C=O) groups is 1. The third-order valence-electron chi connectivity index (χ3n) is 2.87. The van der Waals surface area contributed by atoms with Crippen molar-refractivity contribution in [3.05, 3.63) is 18.0 Å². The highest BCUT2D eigenvalue weighted by Gasteiger charge is 2.25. The van der Waals surface area contributed by atoms with Crippen molar-refractivity contribution >= 4 is 5.91 Å². The number of hydrogen-bond acceptors (Lipinski definition) is 3. The summed E-state index contributed by atoms with van der Waals surface area (Å²) in [5, 5.41) is 10.0. The van der Waals surface area contributed by atoms with Gasteiger partial charge in [0.15, 0.2) is 0 Å². The van der Waals surface area contributed by atoms with E-state index in [9.17, 15) is 4.79 Å². The molecule has 0 aromatic carbocycles. The van der Waals surface area contributed by atoms with E-state index < -0.39 is 0 Å². The molecule has 5 heteroatoms. The van der Waals surface area contributed by atoms with Crippen LogP contribution in [0.1, 0.15) is 24.4 Å². The number of carbonyl (C=O) groups excluding carboxylic acids is 1. The van der Waals surface area contributed by atoms with Crippen LogP contribution >= 0.6 is 0 Å². The van der Waals surface area contributed by atoms with Gasteiger partial charge in [-0.2, -0.15) is 5.10 Å². The van der Waals surface area contributed by atoms with Gasteiger partial charge in [0.1, 0.15) is 6.04 Å². The first-order valence-corrected chi connectivity index (χ1v) is 5.64. The van der Waals surface area contributed by atoms with E-state index in [1.54, 1.807) is 17.9 Å². The number of rotatable bonds is 5. The van der Waals surface area contributed by atoms with E-state index in [0.717, 1.165) is 12.1 Å². The number of nitrogens with zero attached hydrogens (tertiary/aromatic N) is 2. The maximum atomic E-state index is 11.9. The van der Waals surface area contributed by atoms with Crippen molar-refractivity contribution in [1.82, 2.24) is 20.4 Å². The van der Waals surface area contributed by atoms with E-state index in [1.807, 2.05) is 13.2 Å². The summed E-state index contributed by atoms with van der Waals surface area (Å²) in [6, 6.07) is -0.299. The van der Waals surface area contributed by atoms with Gasteiger partial charge in [-0.1, -0.05) is 0 Å². The molecule has 0 spiro atoms. The van der Waals surface area contributed by atoms with E-state index in [1.165, 1.54) is 12.8 Å². The molecule has 1 atom stereocenters. The molecule has 0 saturated heterocycles. The van der Waals surface area contributed by atoms with Crippen molar-refractivity contribution in [1.29, 1.82) is 0 Å². The Morgan fingerprint density at radius 1 is 1.69 bits per heavy atom. The molecule has 1 aliphatic rings. The van der Waals surface area contributed by atoms with Crippen molar-refractivity contribution in [2.75, 3.05) is 13.6 Å². The first kappa shape index (κ1) is 11.1. The second-order valence-electron chi connectivity index (χ2n) is 4.36. The Hall–Kier alpha value is -1.36. The van der Waals surface area contributed by atoms with Crippen LogP contribution < -0.4 is 10.6 Å². The predicted molar refractivity (Wildman–Crippen MR) is 60.7 cm³/mol. The Kier molecular flexibility index (Phi) is 3.24. The SMILES string of the molecule is CNC(C(=O)NCC1CC1)c1cnn(C)c1. The van der Waals surface area contributed by atoms with Crippen LogP contribution in [0.4, 0.5) is 0 Å². The Morgan fingerprint density at radius 3 is 2.94 bits per heavy atom. The molecule has 16 heavy (non-hydrogen) atoms. The van der Waals surface area contributed by atoms with Crippen molar-refractivity contribution < 1.29 is 4.79 Å². The van der Waals surface area contributed by atoms with Crippen LogP contribution in [0.5, 0.6) is 0 Å². The average molecular weight is 222 g/mol. The molecule has 0 aliphatic heterocycles. The fraction of sp³-hybridized carbons (Fsp3) is 0.636. The molecule has 1 heterocycles. The number of aromatic nitrogens is 2. The molecule has 1 saturated carbocycles. The molecule has 1 aliphatic carbocycles. The summed E-state index contributed by atoms with van der Waals surface area (Å²) in [6.07, 6.45) is 6.07. The zero-order chi connectivity index (χ0) is 11.5. The summed E-state index contributed by atoms with van der Waals surface area (Å²) in [7, 11) is 3.63. The molecule has 1 aromatic rings. The molecule has 2 N–H and O–H groups in total. The molecule has 1 fully saturated rings. The van der Waals surface area contributed by atoms with Gasteiger partial charge in [0.2, 0.25) is 5.91 Å². The summed E-state index contributed by atoms with van der Waals surface area (Å²) in [5.74, 6) is 0.734. The first-order chi connectivity index (χ1) is 7.70. The molecule has 1 unspecified atom stereocenters. The molecule has 0 radical (unpaired) electrons. The highest BCUT2D eigenvalue weighted by molar-refractivity contribution is 5.83. The third-order valence-corrected chi connectivity index (χ3v) is 2.87. The smallest absolute Gasteiger partial charge is 0.241 e. The lowest BCUT2D eigenvalue weighted by atomic mass is 10.1. The van der Waals surface area contributed by atoms with Crippen LogP contribution in [-0.4, -0.2) is 29.3 Å². The zero-order valence-electron chi connectivity index (χ0n) is 9.73. The van der Waals surface area contributed by atoms with Gasteiger partial charge in [-0.3, -0.25) is 9.48 Å². The van der Waals surface area contributed by atoms with Gasteiger partial charge in [-0.15, -0.1) is 0 Å². The van der Waals surface area contributed by atoms with Gasteiger partial charge in [-0.25, -0.2) is 0 Å². The summed E-state index contributed by atoms with van der Waals surface area (Å²) in [6.45, 7) is 0.803. The van der Waals surface area contributed by atoms with Gasteiger partial charge in [-0.05, 0) is 25.8 Å². The maximum absolute atomic E-state index is 11.9. The maximum Gasteiger partial charge on any atom is 0.241 e. The molecule has 88 valence electrons. The molecule has 1 aromatic heterocycles. The summed E-state index contributed by atoms with van der Waals surface area (Å²) < 4.78 is 1.70. The quantitative estimate of drug-likeness (QED) is 0.748. The number of nitrogens with one attached hydrogen (secondary N) is 2. The molecule has 5 nitrogen and oxygen atoms in total. The Bertz CT molecular complexity index is 370. The zero-order valence-corrected chi connectivity index (χ0v) is 9.73. The van der Waals surface area contributed by atoms with Crippen LogP contribution in [0.2, 0.25) is 0 Å². The number of aryl methyl sites for hydroxylation is 1. The fourth-order valence-electron chi connectivity index (χ4n) is 1.71. The van der Waals surface area contributed by atoms with E-state index in [-0.39, 0.29) is 11.9 Å². The number of hydrogen-bond donors (Lipinski definition) is 2. The van der Waals surface area contributed by atoms with E-state index in [4.69, 9.17) is 0 Å². The van der Waals surface area contributed by atoms with Crippen LogP contribution in [0, 0.1) is 5.92 Å². The number of likely N-dealkylation sites (N-methyl/N-ethyl adjacent to an activating group) is 1. The minimum atomic E-state index is -0.299. The molecular formula is C11H18N4O. The fourth-order valence-corrected chi connectivity index (χ4v) is 1.71. The summed E-state index contributed by atoms with van der Waals surface area (Å²) in [5.41, 5.74) is 0.901. The molecule has 0 bridgehead atoms. The summed E-state index contributed by atoms with van der Waals surface area (Å²) >= 11 is 0. The third kappa shape index (κ3) is 2.61. The van der Waals surface area contributed by atoms with Crippen molar-refractivity contribution in [2.24, 2.45) is 13.0 Å². The standard InChI is InChI=1S/C11H18N4O/c1-12-10(9-6-14-15(2)7-9)11(16)13-5-8-3-4-8/h6-8,10,12H,3-5H2,1-2H3,(H,13,16). The van der Waals surface area contributed by atoms with Crippen molar-refractivity contribution in [2.45, 2.75) is 18.9 Å². The van der Waals surface area contributed by atoms with Crippen LogP contribution in [0.25, 0.3) is 0 Å². The van der Waals surface area contributed by atoms with Gasteiger partial charge >= 0.3 is 0 Å². The van der Waals surface area contributed by atoms with Crippen LogP contribution in [-0.2, 0) is 11.8 Å². The van der Waals surface area contributed by atoms with E-state index in [0.29, 0.717) is 5.92 Å². The monoisotopic (exact) mass is 222 g/mol. The predicted octanol–water partition coefficient (Wildman–Crippen LogP) is 0.207. The van der Waals surface area contributed by atoms with Crippen LogP contribution in [0.15, 0.2) is 12.4 Å². The minimum absolute atomic E-state index is 0.0300. The lowest BCUT2D eigenvalue weighted by Crippen LogP contribution is -2.36. The van der Waals surface area contributed by atoms with Crippen molar-refractivity contribution in [3.8, 4) is 0 Å². The number of amides is 1. The largest absolute Gasteiger partial charge is 0.354 e. The van der Waals surface area contributed by atoms with Gasteiger partial charge in [0.25, 0.3) is 0 Å². The topological polar surface area (TPSA) is 59.0 Å². The van der Waals surface area contributed by atoms with Gasteiger partial charge in [0, 0.05) is 25.4 Å². The van der Waals surface area contributed by atoms with E-state index >= 15 is 0 Å². The Balaban J connectivity index is 1.94. The lowest BCUT2D eigenvalue weighted by Gasteiger charge is -2.14. The Morgan fingerprint density at radius 2 is 2.44 bits per heavy atom. The average Bonchev–Trinajstić information content (AvgIpc) is 3.00. The van der Waals surface area contributed by atoms with Crippen molar-refractivity contribution in [3.63, 3.8) is 0 Å². The molecule has 2 rings (SSSR count). The Labute approximate surface area is 95.2 Å². The van der Waals surface area contributed by atoms with Gasteiger partial charge < -0.3 is 10.6 Å². The summed E-state index contributed by atoms with van der Waals surface area (Å²) in [4.78, 5) is 11.9. The first-order valence-electron chi connectivity index (χ1n) is 5.64. The second-order valence-corrected chi connectivity index (χ2v) is 4.36. The molecule has 1 amide bonds. The van der Waals surface area contributed by atoms with Gasteiger partial charge in [0.05, 0.1) is 6.20 Å². The molecular weight excluding hydrogens is 204 g/mol. The second kappa shape index (κ2) is 4.65. The lowest BCUT2D eigenvalue weighted by molar-refractivity contribution is -0.123.